The highest BCUT2D eigenvalue weighted by molar-refractivity contribution is 5.97. The molecule has 8 nitrogen and oxygen atoms in total. The zero-order valence-electron chi connectivity index (χ0n) is 22.2. The highest BCUT2D eigenvalue weighted by Gasteiger charge is 2.20. The lowest BCUT2D eigenvalue weighted by atomic mass is 10.0. The third-order valence-corrected chi connectivity index (χ3v) is 7.12. The molecule has 208 valence electrons. The van der Waals surface area contributed by atoms with Gasteiger partial charge in [0, 0.05) is 36.3 Å². The molecule has 1 saturated heterocycles. The molecule has 0 atom stereocenters. The molecular weight excluding hydrogens is 530 g/mol. The summed E-state index contributed by atoms with van der Waals surface area (Å²) >= 11 is 0. The number of aromatic nitrogens is 3. The Balaban J connectivity index is 1.25. The molecule has 1 fully saturated rings. The molecule has 0 spiro atoms. The van der Waals surface area contributed by atoms with E-state index in [0.717, 1.165) is 16.6 Å². The fraction of sp³-hybridized carbons (Fsp3) is 0.194. The molecule has 0 aliphatic carbocycles. The van der Waals surface area contributed by atoms with Gasteiger partial charge in [-0.25, -0.2) is 8.78 Å². The summed E-state index contributed by atoms with van der Waals surface area (Å²) in [4.78, 5) is 28.5. The van der Waals surface area contributed by atoms with E-state index in [1.807, 2.05) is 12.1 Å². The van der Waals surface area contributed by atoms with Crippen molar-refractivity contribution in [3.05, 3.63) is 112 Å². The van der Waals surface area contributed by atoms with E-state index < -0.39 is 23.0 Å². The smallest absolute Gasteiger partial charge is 0.266 e. The molecule has 41 heavy (non-hydrogen) atoms. The molecule has 3 aromatic carbocycles. The van der Waals surface area contributed by atoms with Crippen LogP contribution in [0.2, 0.25) is 0 Å². The number of nitrogens with one attached hydrogen (secondary N) is 1. The average Bonchev–Trinajstić information content (AvgIpc) is 3.43. The van der Waals surface area contributed by atoms with Crippen molar-refractivity contribution in [2.75, 3.05) is 31.2 Å². The van der Waals surface area contributed by atoms with Crippen molar-refractivity contribution < 1.29 is 23.0 Å². The van der Waals surface area contributed by atoms with Crippen molar-refractivity contribution in [1.29, 1.82) is 0 Å². The van der Waals surface area contributed by atoms with Gasteiger partial charge in [0.1, 0.15) is 5.82 Å². The number of aromatic amines is 1. The standard InChI is InChI=1S/C31H26F2N4O4/c1-19-2-8-24(31(39)37(19)23-6-4-22(32)5-7-23)28(38)15-20-3-9-29(25(33)14-20)41-30-16-21-18-34-35-26(21)17-27(30)36-10-12-40-13-11-36/h2-9,14,16-18H,10-13,15H2,1H3,(H,34,35). The van der Waals surface area contributed by atoms with Crippen LogP contribution in [0.5, 0.6) is 11.5 Å². The Bertz CT molecular complexity index is 1810. The van der Waals surface area contributed by atoms with Gasteiger partial charge in [0.15, 0.2) is 23.1 Å². The molecule has 1 aliphatic heterocycles. The summed E-state index contributed by atoms with van der Waals surface area (Å²) in [5, 5.41) is 7.86. The predicted octanol–water partition coefficient (Wildman–Crippen LogP) is 5.35. The number of pyridine rings is 1. The summed E-state index contributed by atoms with van der Waals surface area (Å²) in [6.45, 7) is 4.21. The number of hydrogen-bond acceptors (Lipinski definition) is 6. The zero-order chi connectivity index (χ0) is 28.5. The van der Waals surface area contributed by atoms with Crippen LogP contribution < -0.4 is 15.2 Å². The van der Waals surface area contributed by atoms with E-state index in [9.17, 15) is 14.0 Å². The first-order valence-corrected chi connectivity index (χ1v) is 13.2. The van der Waals surface area contributed by atoms with Gasteiger partial charge in [-0.3, -0.25) is 19.3 Å². The highest BCUT2D eigenvalue weighted by Crippen LogP contribution is 2.37. The summed E-state index contributed by atoms with van der Waals surface area (Å²) in [7, 11) is 0. The largest absolute Gasteiger partial charge is 0.452 e. The molecule has 0 unspecified atom stereocenters. The second kappa shape index (κ2) is 11.0. The van der Waals surface area contributed by atoms with Gasteiger partial charge in [0.2, 0.25) is 0 Å². The van der Waals surface area contributed by atoms with Crippen LogP contribution in [-0.4, -0.2) is 46.9 Å². The number of anilines is 1. The lowest BCUT2D eigenvalue weighted by Gasteiger charge is -2.30. The van der Waals surface area contributed by atoms with E-state index in [-0.39, 0.29) is 17.7 Å². The number of ketones is 1. The molecule has 6 rings (SSSR count). The molecule has 10 heteroatoms. The number of halogens is 2. The van der Waals surface area contributed by atoms with Crippen LogP contribution in [0.25, 0.3) is 16.6 Å². The van der Waals surface area contributed by atoms with E-state index in [2.05, 4.69) is 15.1 Å². The minimum Gasteiger partial charge on any atom is -0.452 e. The normalized spacial score (nSPS) is 13.5. The Hall–Kier alpha value is -4.83. The minimum absolute atomic E-state index is 0.00700. The number of nitrogens with zero attached hydrogens (tertiary/aromatic N) is 3. The minimum atomic E-state index is -0.636. The van der Waals surface area contributed by atoms with E-state index in [1.54, 1.807) is 25.3 Å². The number of hydrogen-bond donors (Lipinski definition) is 1. The Morgan fingerprint density at radius 3 is 2.54 bits per heavy atom. The van der Waals surface area contributed by atoms with Crippen molar-refractivity contribution in [2.45, 2.75) is 13.3 Å². The third kappa shape index (κ3) is 5.33. The van der Waals surface area contributed by atoms with Gasteiger partial charge in [-0.15, -0.1) is 0 Å². The first kappa shape index (κ1) is 26.4. The number of morpholine rings is 1. The summed E-state index contributed by atoms with van der Waals surface area (Å²) in [6, 6.07) is 16.6. The number of fused-ring (bicyclic) bond motifs is 1. The number of Topliss-reactive ketones (excluding diaryl/α,β-unsaturated/α-hetero) is 1. The van der Waals surface area contributed by atoms with Crippen LogP contribution in [0.15, 0.2) is 77.7 Å². The molecule has 1 aliphatic rings. The molecule has 3 heterocycles. The fourth-order valence-electron chi connectivity index (χ4n) is 4.98. The maximum Gasteiger partial charge on any atom is 0.266 e. The quantitative estimate of drug-likeness (QED) is 0.272. The van der Waals surface area contributed by atoms with Gasteiger partial charge in [-0.1, -0.05) is 6.07 Å². The second-order valence-electron chi connectivity index (χ2n) is 9.85. The molecule has 5 aromatic rings. The van der Waals surface area contributed by atoms with E-state index in [1.165, 1.54) is 47.0 Å². The Morgan fingerprint density at radius 1 is 1.00 bits per heavy atom. The molecule has 0 amide bonds. The van der Waals surface area contributed by atoms with Crippen LogP contribution in [0.1, 0.15) is 21.6 Å². The van der Waals surface area contributed by atoms with Gasteiger partial charge in [0.25, 0.3) is 5.56 Å². The maximum absolute atomic E-state index is 15.3. The average molecular weight is 557 g/mol. The van der Waals surface area contributed by atoms with E-state index >= 15 is 4.39 Å². The zero-order valence-corrected chi connectivity index (χ0v) is 22.2. The number of carbonyl (C=O) groups is 1. The molecule has 0 bridgehead atoms. The van der Waals surface area contributed by atoms with Crippen molar-refractivity contribution in [2.24, 2.45) is 0 Å². The van der Waals surface area contributed by atoms with Gasteiger partial charge in [-0.05, 0) is 73.2 Å². The maximum atomic E-state index is 15.3. The molecule has 1 N–H and O–H groups in total. The number of carbonyl (C=O) groups excluding carboxylic acids is 1. The van der Waals surface area contributed by atoms with Gasteiger partial charge < -0.3 is 14.4 Å². The SMILES string of the molecule is Cc1ccc(C(=O)Cc2ccc(Oc3cc4cn[nH]c4cc3N3CCOCC3)c(F)c2)c(=O)n1-c1ccc(F)cc1. The Kier molecular flexibility index (Phi) is 7.07. The van der Waals surface area contributed by atoms with Crippen LogP contribution in [0.4, 0.5) is 14.5 Å². The van der Waals surface area contributed by atoms with Crippen molar-refractivity contribution in [3.8, 4) is 17.2 Å². The van der Waals surface area contributed by atoms with Crippen molar-refractivity contribution in [1.82, 2.24) is 14.8 Å². The van der Waals surface area contributed by atoms with E-state index in [4.69, 9.17) is 9.47 Å². The summed E-state index contributed by atoms with van der Waals surface area (Å²) in [5.74, 6) is -1.04. The lowest BCUT2D eigenvalue weighted by molar-refractivity contribution is 0.0991. The predicted molar refractivity (Wildman–Crippen MR) is 150 cm³/mol. The van der Waals surface area contributed by atoms with Gasteiger partial charge in [-0.2, -0.15) is 5.10 Å². The van der Waals surface area contributed by atoms with Crippen molar-refractivity contribution >= 4 is 22.4 Å². The molecule has 0 radical (unpaired) electrons. The van der Waals surface area contributed by atoms with Crippen LogP contribution in [0.3, 0.4) is 0 Å². The first-order valence-electron chi connectivity index (χ1n) is 13.2. The number of rotatable bonds is 7. The van der Waals surface area contributed by atoms with Crippen molar-refractivity contribution in [3.63, 3.8) is 0 Å². The number of H-pyrrole nitrogens is 1. The third-order valence-electron chi connectivity index (χ3n) is 7.12. The monoisotopic (exact) mass is 556 g/mol. The number of aryl methyl sites for hydroxylation is 1. The molecular formula is C31H26F2N4O4. The first-order chi connectivity index (χ1) is 19.9. The van der Waals surface area contributed by atoms with Gasteiger partial charge >= 0.3 is 0 Å². The highest BCUT2D eigenvalue weighted by atomic mass is 19.1. The summed E-state index contributed by atoms with van der Waals surface area (Å²) in [6.07, 6.45) is 1.49. The fourth-order valence-corrected chi connectivity index (χ4v) is 4.98. The number of ether oxygens (including phenoxy) is 2. The topological polar surface area (TPSA) is 89.5 Å². The van der Waals surface area contributed by atoms with Gasteiger partial charge in [0.05, 0.1) is 36.2 Å². The van der Waals surface area contributed by atoms with Crippen LogP contribution >= 0.6 is 0 Å². The second-order valence-corrected chi connectivity index (χ2v) is 9.85. The van der Waals surface area contributed by atoms with E-state index in [0.29, 0.717) is 49.0 Å². The number of benzene rings is 3. The molecule has 2 aromatic heterocycles. The summed E-state index contributed by atoms with van der Waals surface area (Å²) < 4.78 is 41.6. The Morgan fingerprint density at radius 2 is 1.78 bits per heavy atom. The van der Waals surface area contributed by atoms with Crippen LogP contribution in [0, 0.1) is 18.6 Å². The molecule has 0 saturated carbocycles. The summed E-state index contributed by atoms with van der Waals surface area (Å²) in [5.41, 5.74) is 2.50. The van der Waals surface area contributed by atoms with Crippen LogP contribution in [-0.2, 0) is 11.2 Å². The lowest BCUT2D eigenvalue weighted by Crippen LogP contribution is -2.36. The Labute approximate surface area is 233 Å².